The molecule has 2 saturated carbocycles. The average Bonchev–Trinajstić information content (AvgIpc) is 3.65. The van der Waals surface area contributed by atoms with E-state index in [1.165, 1.54) is 25.7 Å². The van der Waals surface area contributed by atoms with Crippen LogP contribution < -0.4 is 9.47 Å². The number of carbonyl (C=O) groups is 1. The van der Waals surface area contributed by atoms with Crippen molar-refractivity contribution >= 4 is 5.78 Å². The number of Topliss-reactive ketones (excluding diaryl/α,β-unsaturated/α-hetero) is 1. The molecule has 0 spiro atoms. The molecule has 2 aliphatic rings. The van der Waals surface area contributed by atoms with Gasteiger partial charge >= 0.3 is 0 Å². The normalized spacial score (nSPS) is 17.7. The van der Waals surface area contributed by atoms with Crippen molar-refractivity contribution in [3.05, 3.63) is 57.6 Å². The first-order valence-corrected chi connectivity index (χ1v) is 12.3. The number of benzene rings is 2. The molecule has 2 atom stereocenters. The highest BCUT2D eigenvalue weighted by Crippen LogP contribution is 2.36. The van der Waals surface area contributed by atoms with Crippen molar-refractivity contribution in [3.8, 4) is 11.5 Å². The summed E-state index contributed by atoms with van der Waals surface area (Å²) < 4.78 is 12.2. The lowest BCUT2D eigenvalue weighted by molar-refractivity contribution is -0.121. The van der Waals surface area contributed by atoms with E-state index >= 15 is 0 Å². The third-order valence-corrected chi connectivity index (χ3v) is 7.14. The summed E-state index contributed by atoms with van der Waals surface area (Å²) in [6, 6.07) is 8.54. The fraction of sp³-hybridized carbons (Fsp3) is 0.552. The van der Waals surface area contributed by atoms with Crippen LogP contribution in [0.1, 0.15) is 84.7 Å². The van der Waals surface area contributed by atoms with Gasteiger partial charge in [0, 0.05) is 11.8 Å². The minimum absolute atomic E-state index is 0.161. The molecule has 2 aromatic rings. The van der Waals surface area contributed by atoms with Gasteiger partial charge in [-0.15, -0.1) is 0 Å². The molecule has 172 valence electrons. The van der Waals surface area contributed by atoms with Gasteiger partial charge < -0.3 is 9.47 Å². The number of rotatable bonds is 10. The molecule has 4 rings (SSSR count). The number of ketones is 1. The Morgan fingerprint density at radius 2 is 1.03 bits per heavy atom. The molecule has 32 heavy (non-hydrogen) atoms. The summed E-state index contributed by atoms with van der Waals surface area (Å²) >= 11 is 0. The molecule has 2 fully saturated rings. The quantitative estimate of drug-likeness (QED) is 0.405. The summed E-state index contributed by atoms with van der Waals surface area (Å²) in [7, 11) is 0. The fourth-order valence-corrected chi connectivity index (χ4v) is 4.60. The lowest BCUT2D eigenvalue weighted by Gasteiger charge is -2.21. The van der Waals surface area contributed by atoms with E-state index in [4.69, 9.17) is 9.47 Å². The van der Waals surface area contributed by atoms with E-state index in [1.807, 2.05) is 13.8 Å². The molecular weight excluding hydrogens is 396 g/mol. The maximum Gasteiger partial charge on any atom is 0.147 e. The molecule has 0 heterocycles. The van der Waals surface area contributed by atoms with Gasteiger partial charge in [0.25, 0.3) is 0 Å². The van der Waals surface area contributed by atoms with Gasteiger partial charge in [-0.1, -0.05) is 38.1 Å². The molecule has 0 aromatic heterocycles. The highest BCUT2D eigenvalue weighted by Gasteiger charge is 2.27. The van der Waals surface area contributed by atoms with Crippen molar-refractivity contribution in [2.24, 2.45) is 11.8 Å². The Morgan fingerprint density at radius 1 is 0.719 bits per heavy atom. The summed E-state index contributed by atoms with van der Waals surface area (Å²) in [5.41, 5.74) is 6.64. The first-order chi connectivity index (χ1) is 15.2. The summed E-state index contributed by atoms with van der Waals surface area (Å²) in [6.45, 7) is 14.0. The molecule has 0 aliphatic heterocycles. The van der Waals surface area contributed by atoms with Crippen molar-refractivity contribution in [2.45, 2.75) is 79.1 Å². The predicted molar refractivity (Wildman–Crippen MR) is 130 cm³/mol. The number of hydrogen-bond acceptors (Lipinski definition) is 3. The predicted octanol–water partition coefficient (Wildman–Crippen LogP) is 6.97. The molecule has 2 aromatic carbocycles. The van der Waals surface area contributed by atoms with Crippen LogP contribution >= 0.6 is 0 Å². The van der Waals surface area contributed by atoms with Crippen molar-refractivity contribution in [3.63, 3.8) is 0 Å². The third-order valence-electron chi connectivity index (χ3n) is 7.14. The van der Waals surface area contributed by atoms with Gasteiger partial charge in [-0.25, -0.2) is 0 Å². The number of aryl methyl sites for hydroxylation is 4. The zero-order valence-electron chi connectivity index (χ0n) is 20.6. The first-order valence-electron chi connectivity index (χ1n) is 12.3. The maximum atomic E-state index is 13.4. The lowest BCUT2D eigenvalue weighted by Crippen LogP contribution is -2.17. The van der Waals surface area contributed by atoms with Crippen molar-refractivity contribution in [1.82, 2.24) is 0 Å². The Bertz CT molecular complexity index is 872. The standard InChI is InChI=1S/C29H38O3/c1-17-11-25(12-18(2)28(17)31-15-23-7-8-23)21(5)27(30)22(6)26-13-19(3)29(20(4)14-26)32-16-24-9-10-24/h11-14,21-24H,7-10,15-16H2,1-6H3. The van der Waals surface area contributed by atoms with E-state index in [2.05, 4.69) is 52.0 Å². The Labute approximate surface area is 193 Å². The van der Waals surface area contributed by atoms with Crippen LogP contribution in [0.5, 0.6) is 11.5 Å². The molecule has 2 unspecified atom stereocenters. The molecule has 0 N–H and O–H groups in total. The second-order valence-corrected chi connectivity index (χ2v) is 10.3. The van der Waals surface area contributed by atoms with Crippen molar-refractivity contribution in [1.29, 1.82) is 0 Å². The number of ether oxygens (including phenoxy) is 2. The molecule has 0 bridgehead atoms. The average molecular weight is 435 g/mol. The van der Waals surface area contributed by atoms with E-state index in [-0.39, 0.29) is 17.6 Å². The minimum Gasteiger partial charge on any atom is -0.493 e. The number of hydrogen-bond donors (Lipinski definition) is 0. The summed E-state index contributed by atoms with van der Waals surface area (Å²) in [5, 5.41) is 0. The summed E-state index contributed by atoms with van der Waals surface area (Å²) in [4.78, 5) is 13.4. The molecule has 0 radical (unpaired) electrons. The SMILES string of the molecule is Cc1cc(C(C)C(=O)C(C)c2cc(C)c(OCC3CC3)c(C)c2)cc(C)c1OCC1CC1. The van der Waals surface area contributed by atoms with Gasteiger partial charge in [-0.05, 0) is 98.6 Å². The van der Waals surface area contributed by atoms with Crippen LogP contribution in [-0.2, 0) is 4.79 Å². The summed E-state index contributed by atoms with van der Waals surface area (Å²) in [6.07, 6.45) is 5.14. The van der Waals surface area contributed by atoms with E-state index in [1.54, 1.807) is 0 Å². The highest BCUT2D eigenvalue weighted by molar-refractivity contribution is 5.91. The van der Waals surface area contributed by atoms with E-state index in [9.17, 15) is 4.79 Å². The Hall–Kier alpha value is -2.29. The smallest absolute Gasteiger partial charge is 0.147 e. The van der Waals surface area contributed by atoms with Gasteiger partial charge in [0.05, 0.1) is 13.2 Å². The van der Waals surface area contributed by atoms with Crippen LogP contribution in [0.3, 0.4) is 0 Å². The van der Waals surface area contributed by atoms with Crippen LogP contribution in [-0.4, -0.2) is 19.0 Å². The Morgan fingerprint density at radius 3 is 1.31 bits per heavy atom. The highest BCUT2D eigenvalue weighted by atomic mass is 16.5. The van der Waals surface area contributed by atoms with Crippen molar-refractivity contribution in [2.75, 3.05) is 13.2 Å². The molecule has 0 amide bonds. The van der Waals surface area contributed by atoms with E-state index in [0.717, 1.165) is 69.9 Å². The monoisotopic (exact) mass is 434 g/mol. The van der Waals surface area contributed by atoms with Gasteiger partial charge in [-0.3, -0.25) is 4.79 Å². The van der Waals surface area contributed by atoms with Crippen LogP contribution in [0.2, 0.25) is 0 Å². The molecular formula is C29H38O3. The zero-order chi connectivity index (χ0) is 23.0. The second kappa shape index (κ2) is 9.29. The number of carbonyl (C=O) groups excluding carboxylic acids is 1. The molecule has 3 nitrogen and oxygen atoms in total. The topological polar surface area (TPSA) is 35.5 Å². The molecule has 2 aliphatic carbocycles. The largest absolute Gasteiger partial charge is 0.493 e. The van der Waals surface area contributed by atoms with Gasteiger partial charge in [0.15, 0.2) is 0 Å². The van der Waals surface area contributed by atoms with Gasteiger partial charge in [-0.2, -0.15) is 0 Å². The van der Waals surface area contributed by atoms with Gasteiger partial charge in [0.1, 0.15) is 17.3 Å². The van der Waals surface area contributed by atoms with Crippen LogP contribution in [0.15, 0.2) is 24.3 Å². The summed E-state index contributed by atoms with van der Waals surface area (Å²) in [5.74, 6) is 3.36. The van der Waals surface area contributed by atoms with Gasteiger partial charge in [0.2, 0.25) is 0 Å². The first kappa shape index (κ1) is 22.9. The molecule has 0 saturated heterocycles. The van der Waals surface area contributed by atoms with Crippen LogP contribution in [0.4, 0.5) is 0 Å². The molecule has 3 heteroatoms. The Balaban J connectivity index is 1.48. The Kier molecular flexibility index (Phi) is 6.65. The maximum absolute atomic E-state index is 13.4. The minimum atomic E-state index is -0.161. The fourth-order valence-electron chi connectivity index (χ4n) is 4.60. The van der Waals surface area contributed by atoms with Crippen LogP contribution in [0.25, 0.3) is 0 Å². The van der Waals surface area contributed by atoms with Crippen molar-refractivity contribution < 1.29 is 14.3 Å². The lowest BCUT2D eigenvalue weighted by atomic mass is 9.84. The van der Waals surface area contributed by atoms with E-state index in [0.29, 0.717) is 0 Å². The van der Waals surface area contributed by atoms with E-state index < -0.39 is 0 Å². The second-order valence-electron chi connectivity index (χ2n) is 10.3. The third kappa shape index (κ3) is 5.19. The zero-order valence-corrected chi connectivity index (χ0v) is 20.6. The van der Waals surface area contributed by atoms with Crippen LogP contribution in [0, 0.1) is 39.5 Å².